The highest BCUT2D eigenvalue weighted by Crippen LogP contribution is 2.45. The summed E-state index contributed by atoms with van der Waals surface area (Å²) in [4.78, 5) is 0. The van der Waals surface area contributed by atoms with Gasteiger partial charge in [-0.05, 0) is 24.2 Å². The van der Waals surface area contributed by atoms with Crippen molar-refractivity contribution in [2.45, 2.75) is 44.9 Å². The molecule has 2 rings (SSSR count). The Morgan fingerprint density at radius 2 is 1.91 bits per heavy atom. The van der Waals surface area contributed by atoms with Crippen molar-refractivity contribution in [1.29, 1.82) is 0 Å². The zero-order valence-corrected chi connectivity index (χ0v) is 7.39. The Hall–Kier alpha value is 0. The van der Waals surface area contributed by atoms with Crippen molar-refractivity contribution < 1.29 is 0 Å². The van der Waals surface area contributed by atoms with E-state index in [2.05, 4.69) is 6.92 Å². The van der Waals surface area contributed by atoms with Gasteiger partial charge >= 0.3 is 0 Å². The largest absolute Gasteiger partial charge is 0.0530 e. The first-order chi connectivity index (χ1) is 5.40. The maximum Gasteiger partial charge on any atom is -0.0383 e. The monoisotopic (exact) mass is 151 g/mol. The maximum absolute atomic E-state index is 3.95. The van der Waals surface area contributed by atoms with E-state index < -0.39 is 0 Å². The average Bonchev–Trinajstić information content (AvgIpc) is 2.79. The molecule has 2 aliphatic rings. The molecule has 1 radical (unpaired) electrons. The van der Waals surface area contributed by atoms with Gasteiger partial charge in [0.15, 0.2) is 0 Å². The van der Waals surface area contributed by atoms with Crippen LogP contribution in [0.4, 0.5) is 0 Å². The van der Waals surface area contributed by atoms with E-state index in [9.17, 15) is 0 Å². The molecule has 0 spiro atoms. The van der Waals surface area contributed by atoms with Crippen LogP contribution in [0, 0.1) is 24.7 Å². The smallest absolute Gasteiger partial charge is 0.0383 e. The van der Waals surface area contributed by atoms with E-state index in [0.717, 1.165) is 17.8 Å². The number of hydrogen-bond acceptors (Lipinski definition) is 0. The Morgan fingerprint density at radius 3 is 2.45 bits per heavy atom. The van der Waals surface area contributed by atoms with Gasteiger partial charge in [-0.1, -0.05) is 45.4 Å². The molecule has 2 atom stereocenters. The average molecular weight is 151 g/mol. The summed E-state index contributed by atoms with van der Waals surface area (Å²) in [5.41, 5.74) is 0. The quantitative estimate of drug-likeness (QED) is 0.564. The van der Waals surface area contributed by atoms with Crippen LogP contribution in [0.5, 0.6) is 0 Å². The molecular formula is C11H19. The molecule has 0 saturated heterocycles. The van der Waals surface area contributed by atoms with Crippen molar-refractivity contribution in [3.05, 3.63) is 6.92 Å². The molecule has 0 aromatic carbocycles. The molecule has 0 heterocycles. The van der Waals surface area contributed by atoms with Crippen LogP contribution in [0.1, 0.15) is 44.9 Å². The lowest BCUT2D eigenvalue weighted by atomic mass is 10.1. The Balaban J connectivity index is 1.47. The summed E-state index contributed by atoms with van der Waals surface area (Å²) >= 11 is 0. The third-order valence-corrected chi connectivity index (χ3v) is 3.32. The Bertz CT molecular complexity index is 124. The maximum atomic E-state index is 3.95. The molecule has 2 aliphatic carbocycles. The van der Waals surface area contributed by atoms with Gasteiger partial charge in [0.25, 0.3) is 0 Å². The summed E-state index contributed by atoms with van der Waals surface area (Å²) < 4.78 is 0. The zero-order valence-electron chi connectivity index (χ0n) is 7.39. The van der Waals surface area contributed by atoms with Gasteiger partial charge in [0.1, 0.15) is 0 Å². The van der Waals surface area contributed by atoms with Crippen molar-refractivity contribution in [2.75, 3.05) is 0 Å². The van der Waals surface area contributed by atoms with Crippen molar-refractivity contribution >= 4 is 0 Å². The van der Waals surface area contributed by atoms with E-state index in [4.69, 9.17) is 0 Å². The van der Waals surface area contributed by atoms with E-state index in [0.29, 0.717) is 0 Å². The highest BCUT2D eigenvalue weighted by molar-refractivity contribution is 4.86. The van der Waals surface area contributed by atoms with E-state index in [1.165, 1.54) is 44.9 Å². The predicted octanol–water partition coefficient (Wildman–Crippen LogP) is 3.43. The number of rotatable bonds is 5. The van der Waals surface area contributed by atoms with Gasteiger partial charge < -0.3 is 0 Å². The van der Waals surface area contributed by atoms with Crippen molar-refractivity contribution in [2.24, 2.45) is 17.8 Å². The SMILES string of the molecule is [CH2]CC1CC1CCCC1CC1. The molecule has 2 saturated carbocycles. The van der Waals surface area contributed by atoms with Crippen LogP contribution < -0.4 is 0 Å². The minimum Gasteiger partial charge on any atom is -0.0530 e. The molecule has 0 amide bonds. The lowest BCUT2D eigenvalue weighted by Crippen LogP contribution is -1.83. The first-order valence-electron chi connectivity index (χ1n) is 5.19. The normalized spacial score (nSPS) is 35.7. The fraction of sp³-hybridized carbons (Fsp3) is 0.909. The highest BCUT2D eigenvalue weighted by atomic mass is 14.4. The fourth-order valence-corrected chi connectivity index (χ4v) is 2.09. The molecular weight excluding hydrogens is 132 g/mol. The van der Waals surface area contributed by atoms with E-state index in [1.54, 1.807) is 0 Å². The molecule has 0 heteroatoms. The molecule has 2 fully saturated rings. The minimum absolute atomic E-state index is 1.02. The molecule has 0 aromatic rings. The molecule has 0 aromatic heterocycles. The molecule has 0 nitrogen and oxygen atoms in total. The molecule has 11 heavy (non-hydrogen) atoms. The third-order valence-electron chi connectivity index (χ3n) is 3.32. The minimum atomic E-state index is 1.02. The van der Waals surface area contributed by atoms with Crippen LogP contribution in [0.3, 0.4) is 0 Å². The Morgan fingerprint density at radius 1 is 1.09 bits per heavy atom. The molecule has 0 aliphatic heterocycles. The van der Waals surface area contributed by atoms with Gasteiger partial charge in [0.05, 0.1) is 0 Å². The van der Waals surface area contributed by atoms with Crippen LogP contribution in [0.25, 0.3) is 0 Å². The van der Waals surface area contributed by atoms with E-state index in [-0.39, 0.29) is 0 Å². The Labute approximate surface area is 70.4 Å². The van der Waals surface area contributed by atoms with Gasteiger partial charge in [-0.25, -0.2) is 0 Å². The van der Waals surface area contributed by atoms with E-state index in [1.807, 2.05) is 0 Å². The standard InChI is InChI=1S/C11H19/c1-2-10-8-11(10)5-3-4-9-6-7-9/h9-11H,1-8H2. The zero-order chi connectivity index (χ0) is 7.68. The van der Waals surface area contributed by atoms with Crippen LogP contribution in [0.15, 0.2) is 0 Å². The summed E-state index contributed by atoms with van der Waals surface area (Å²) in [7, 11) is 0. The summed E-state index contributed by atoms with van der Waals surface area (Å²) in [6.07, 6.45) is 10.3. The lowest BCUT2D eigenvalue weighted by molar-refractivity contribution is 0.563. The third kappa shape index (κ3) is 2.21. The second-order valence-corrected chi connectivity index (χ2v) is 4.42. The lowest BCUT2D eigenvalue weighted by Gasteiger charge is -1.97. The first-order valence-corrected chi connectivity index (χ1v) is 5.19. The highest BCUT2D eigenvalue weighted by Gasteiger charge is 2.34. The van der Waals surface area contributed by atoms with Gasteiger partial charge in [0, 0.05) is 0 Å². The number of hydrogen-bond donors (Lipinski definition) is 0. The summed E-state index contributed by atoms with van der Waals surface area (Å²) in [5, 5.41) is 0. The first kappa shape index (κ1) is 7.64. The fourth-order valence-electron chi connectivity index (χ4n) is 2.09. The van der Waals surface area contributed by atoms with Crippen molar-refractivity contribution in [3.8, 4) is 0 Å². The molecule has 63 valence electrons. The molecule has 0 bridgehead atoms. The summed E-state index contributed by atoms with van der Waals surface area (Å²) in [5.74, 6) is 3.26. The van der Waals surface area contributed by atoms with Crippen LogP contribution in [0.2, 0.25) is 0 Å². The van der Waals surface area contributed by atoms with E-state index >= 15 is 0 Å². The summed E-state index contributed by atoms with van der Waals surface area (Å²) in [6.45, 7) is 3.95. The van der Waals surface area contributed by atoms with Crippen LogP contribution in [-0.2, 0) is 0 Å². The Kier molecular flexibility index (Phi) is 2.20. The van der Waals surface area contributed by atoms with Gasteiger partial charge in [0.2, 0.25) is 0 Å². The second kappa shape index (κ2) is 3.16. The predicted molar refractivity (Wildman–Crippen MR) is 48.1 cm³/mol. The van der Waals surface area contributed by atoms with Gasteiger partial charge in [-0.3, -0.25) is 0 Å². The second-order valence-electron chi connectivity index (χ2n) is 4.42. The topological polar surface area (TPSA) is 0 Å². The van der Waals surface area contributed by atoms with Crippen LogP contribution in [-0.4, -0.2) is 0 Å². The van der Waals surface area contributed by atoms with Crippen molar-refractivity contribution in [1.82, 2.24) is 0 Å². The molecule has 2 unspecified atom stereocenters. The van der Waals surface area contributed by atoms with Crippen molar-refractivity contribution in [3.63, 3.8) is 0 Å². The van der Waals surface area contributed by atoms with Gasteiger partial charge in [-0.2, -0.15) is 0 Å². The molecule has 0 N–H and O–H groups in total. The van der Waals surface area contributed by atoms with Gasteiger partial charge in [-0.15, -0.1) is 0 Å². The summed E-state index contributed by atoms with van der Waals surface area (Å²) in [6, 6.07) is 0. The van der Waals surface area contributed by atoms with Crippen LogP contribution >= 0.6 is 0 Å².